The fraction of sp³-hybridized carbons (Fsp3) is 0.278. The number of halogens is 1. The minimum Gasteiger partial charge on any atom is -0.484 e. The van der Waals surface area contributed by atoms with E-state index in [9.17, 15) is 4.79 Å². The monoisotopic (exact) mass is 315 g/mol. The molecular weight excluding hydrogens is 298 g/mol. The molecule has 0 aliphatic heterocycles. The molecule has 0 saturated carbocycles. The topological polar surface area (TPSA) is 38.3 Å². The summed E-state index contributed by atoms with van der Waals surface area (Å²) in [6.07, 6.45) is 4.72. The minimum atomic E-state index is -0.217. The van der Waals surface area contributed by atoms with Crippen LogP contribution in [-0.4, -0.2) is 12.5 Å². The highest BCUT2D eigenvalue weighted by atomic mass is 35.5. The van der Waals surface area contributed by atoms with Crippen molar-refractivity contribution >= 4 is 23.2 Å². The van der Waals surface area contributed by atoms with E-state index in [2.05, 4.69) is 17.4 Å². The number of para-hydroxylation sites is 1. The third-order valence-corrected chi connectivity index (χ3v) is 4.17. The lowest BCUT2D eigenvalue weighted by Gasteiger charge is -2.16. The number of benzene rings is 2. The Labute approximate surface area is 135 Å². The molecule has 0 heterocycles. The van der Waals surface area contributed by atoms with Crippen LogP contribution < -0.4 is 10.1 Å². The van der Waals surface area contributed by atoms with Crippen LogP contribution in [0.1, 0.15) is 24.0 Å². The standard InChI is InChI=1S/C18H18ClNO2/c19-16-7-3-4-8-17(16)20-18(21)12-22-15-10-9-13-5-1-2-6-14(13)11-15/h3-4,7-11H,1-2,5-6,12H2,(H,20,21). The average Bonchev–Trinajstić information content (AvgIpc) is 2.55. The third-order valence-electron chi connectivity index (χ3n) is 3.84. The molecular formula is C18H18ClNO2. The summed E-state index contributed by atoms with van der Waals surface area (Å²) in [6, 6.07) is 13.2. The number of amides is 1. The predicted molar refractivity (Wildman–Crippen MR) is 88.7 cm³/mol. The fourth-order valence-corrected chi connectivity index (χ4v) is 2.88. The Morgan fingerprint density at radius 3 is 2.68 bits per heavy atom. The van der Waals surface area contributed by atoms with Crippen molar-refractivity contribution in [1.29, 1.82) is 0 Å². The summed E-state index contributed by atoms with van der Waals surface area (Å²) in [5, 5.41) is 3.27. The van der Waals surface area contributed by atoms with Gasteiger partial charge in [0.15, 0.2) is 6.61 Å². The van der Waals surface area contributed by atoms with Gasteiger partial charge in [-0.2, -0.15) is 0 Å². The van der Waals surface area contributed by atoms with Crippen LogP contribution in [0.5, 0.6) is 5.75 Å². The van der Waals surface area contributed by atoms with Gasteiger partial charge >= 0.3 is 0 Å². The first-order chi connectivity index (χ1) is 10.7. The van der Waals surface area contributed by atoms with Gasteiger partial charge in [-0.05, 0) is 61.1 Å². The van der Waals surface area contributed by atoms with E-state index < -0.39 is 0 Å². The molecule has 0 radical (unpaired) electrons. The largest absolute Gasteiger partial charge is 0.484 e. The average molecular weight is 316 g/mol. The van der Waals surface area contributed by atoms with Crippen molar-refractivity contribution in [1.82, 2.24) is 0 Å². The maximum Gasteiger partial charge on any atom is 0.262 e. The normalized spacial score (nSPS) is 13.3. The summed E-state index contributed by atoms with van der Waals surface area (Å²) in [5.41, 5.74) is 3.34. The molecule has 0 aromatic heterocycles. The molecule has 0 spiro atoms. The summed E-state index contributed by atoms with van der Waals surface area (Å²) in [6.45, 7) is -0.0238. The molecule has 1 aliphatic rings. The van der Waals surface area contributed by atoms with Crippen molar-refractivity contribution in [2.75, 3.05) is 11.9 Å². The quantitative estimate of drug-likeness (QED) is 0.916. The highest BCUT2D eigenvalue weighted by Crippen LogP contribution is 2.25. The van der Waals surface area contributed by atoms with E-state index in [4.69, 9.17) is 16.3 Å². The van der Waals surface area contributed by atoms with E-state index in [0.717, 1.165) is 18.6 Å². The Kier molecular flexibility index (Phi) is 4.64. The van der Waals surface area contributed by atoms with E-state index in [1.807, 2.05) is 18.2 Å². The molecule has 114 valence electrons. The van der Waals surface area contributed by atoms with Crippen molar-refractivity contribution in [3.63, 3.8) is 0 Å². The van der Waals surface area contributed by atoms with Gasteiger partial charge in [-0.15, -0.1) is 0 Å². The first-order valence-electron chi connectivity index (χ1n) is 7.51. The van der Waals surface area contributed by atoms with Crippen molar-refractivity contribution in [2.24, 2.45) is 0 Å². The fourth-order valence-electron chi connectivity index (χ4n) is 2.70. The number of hydrogen-bond donors (Lipinski definition) is 1. The number of hydrogen-bond acceptors (Lipinski definition) is 2. The van der Waals surface area contributed by atoms with E-state index in [-0.39, 0.29) is 12.5 Å². The lowest BCUT2D eigenvalue weighted by Crippen LogP contribution is -2.20. The maximum absolute atomic E-state index is 11.9. The van der Waals surface area contributed by atoms with Crippen LogP contribution in [0.25, 0.3) is 0 Å². The summed E-state index contributed by atoms with van der Waals surface area (Å²) in [4.78, 5) is 11.9. The van der Waals surface area contributed by atoms with Gasteiger partial charge in [-0.1, -0.05) is 29.8 Å². The Bertz CT molecular complexity index is 685. The highest BCUT2D eigenvalue weighted by molar-refractivity contribution is 6.33. The van der Waals surface area contributed by atoms with Crippen LogP contribution in [0.4, 0.5) is 5.69 Å². The van der Waals surface area contributed by atoms with E-state index in [0.29, 0.717) is 10.7 Å². The van der Waals surface area contributed by atoms with Gasteiger partial charge < -0.3 is 10.1 Å². The molecule has 0 unspecified atom stereocenters. The summed E-state index contributed by atoms with van der Waals surface area (Å²) < 4.78 is 5.59. The smallest absolute Gasteiger partial charge is 0.262 e. The van der Waals surface area contributed by atoms with Crippen molar-refractivity contribution in [3.8, 4) is 5.75 Å². The maximum atomic E-state index is 11.9. The van der Waals surface area contributed by atoms with Gasteiger partial charge in [0, 0.05) is 0 Å². The summed E-state index contributed by atoms with van der Waals surface area (Å²) in [5.74, 6) is 0.528. The zero-order valence-corrected chi connectivity index (χ0v) is 13.0. The lowest BCUT2D eigenvalue weighted by molar-refractivity contribution is -0.118. The number of nitrogens with one attached hydrogen (secondary N) is 1. The van der Waals surface area contributed by atoms with Gasteiger partial charge in [0.2, 0.25) is 0 Å². The SMILES string of the molecule is O=C(COc1ccc2c(c1)CCCC2)Nc1ccccc1Cl. The van der Waals surface area contributed by atoms with Gasteiger partial charge in [0.1, 0.15) is 5.75 Å². The Morgan fingerprint density at radius 2 is 1.86 bits per heavy atom. The molecule has 3 rings (SSSR count). The summed E-state index contributed by atoms with van der Waals surface area (Å²) in [7, 11) is 0. The van der Waals surface area contributed by atoms with E-state index >= 15 is 0 Å². The number of fused-ring (bicyclic) bond motifs is 1. The van der Waals surface area contributed by atoms with E-state index in [1.54, 1.807) is 12.1 Å². The number of aryl methyl sites for hydroxylation is 2. The van der Waals surface area contributed by atoms with Gasteiger partial charge in [-0.3, -0.25) is 4.79 Å². The molecule has 0 saturated heterocycles. The number of ether oxygens (including phenoxy) is 1. The van der Waals surface area contributed by atoms with Gasteiger partial charge in [-0.25, -0.2) is 0 Å². The molecule has 1 N–H and O–H groups in total. The molecule has 22 heavy (non-hydrogen) atoms. The Balaban J connectivity index is 1.58. The number of rotatable bonds is 4. The van der Waals surface area contributed by atoms with Crippen LogP contribution >= 0.6 is 11.6 Å². The van der Waals surface area contributed by atoms with Crippen LogP contribution in [0.15, 0.2) is 42.5 Å². The zero-order chi connectivity index (χ0) is 15.4. The van der Waals surface area contributed by atoms with E-state index in [1.165, 1.54) is 24.0 Å². The van der Waals surface area contributed by atoms with Crippen molar-refractivity contribution in [3.05, 3.63) is 58.6 Å². The number of carbonyl (C=O) groups is 1. The highest BCUT2D eigenvalue weighted by Gasteiger charge is 2.11. The van der Waals surface area contributed by atoms with Gasteiger partial charge in [0.05, 0.1) is 10.7 Å². The predicted octanol–water partition coefficient (Wildman–Crippen LogP) is 4.24. The first kappa shape index (κ1) is 14.9. The number of carbonyl (C=O) groups excluding carboxylic acids is 1. The third kappa shape index (κ3) is 3.60. The molecule has 1 amide bonds. The molecule has 0 atom stereocenters. The summed E-state index contributed by atoms with van der Waals surface area (Å²) >= 11 is 6.01. The minimum absolute atomic E-state index is 0.0238. The second-order valence-corrected chi connectivity index (χ2v) is 5.86. The van der Waals surface area contributed by atoms with Crippen LogP contribution in [0.2, 0.25) is 5.02 Å². The molecule has 3 nitrogen and oxygen atoms in total. The second kappa shape index (κ2) is 6.84. The van der Waals surface area contributed by atoms with Crippen LogP contribution in [-0.2, 0) is 17.6 Å². The zero-order valence-electron chi connectivity index (χ0n) is 12.3. The van der Waals surface area contributed by atoms with Crippen molar-refractivity contribution < 1.29 is 9.53 Å². The number of anilines is 1. The lowest BCUT2D eigenvalue weighted by atomic mass is 9.92. The van der Waals surface area contributed by atoms with Crippen LogP contribution in [0, 0.1) is 0 Å². The first-order valence-corrected chi connectivity index (χ1v) is 7.89. The second-order valence-electron chi connectivity index (χ2n) is 5.45. The molecule has 2 aromatic rings. The van der Waals surface area contributed by atoms with Crippen molar-refractivity contribution in [2.45, 2.75) is 25.7 Å². The Morgan fingerprint density at radius 1 is 1.09 bits per heavy atom. The van der Waals surface area contributed by atoms with Gasteiger partial charge in [0.25, 0.3) is 5.91 Å². The molecule has 2 aromatic carbocycles. The molecule has 1 aliphatic carbocycles. The Hall–Kier alpha value is -2.00. The molecule has 0 bridgehead atoms. The molecule has 4 heteroatoms. The molecule has 0 fully saturated rings. The van der Waals surface area contributed by atoms with Crippen LogP contribution in [0.3, 0.4) is 0 Å².